The molecule has 0 aliphatic rings. The first-order chi connectivity index (χ1) is 10.3. The van der Waals surface area contributed by atoms with E-state index in [1.165, 1.54) is 0 Å². The predicted octanol–water partition coefficient (Wildman–Crippen LogP) is 4.13. The summed E-state index contributed by atoms with van der Waals surface area (Å²) in [5.41, 5.74) is 2.04. The van der Waals surface area contributed by atoms with Crippen molar-refractivity contribution in [3.63, 3.8) is 0 Å². The van der Waals surface area contributed by atoms with Crippen molar-refractivity contribution in [3.8, 4) is 11.5 Å². The van der Waals surface area contributed by atoms with Crippen LogP contribution in [0.15, 0.2) is 42.7 Å². The molecule has 2 aromatic rings. The summed E-state index contributed by atoms with van der Waals surface area (Å²) in [4.78, 5) is 4.06. The minimum atomic E-state index is 0.472. The third-order valence-corrected chi connectivity index (χ3v) is 2.66. The maximum absolute atomic E-state index is 5.80. The molecule has 0 unspecified atom stereocenters. The second-order valence-electron chi connectivity index (χ2n) is 4.05. The summed E-state index contributed by atoms with van der Waals surface area (Å²) < 4.78 is 11.1. The minimum absolute atomic E-state index is 0.472. The molecule has 0 spiro atoms. The summed E-state index contributed by atoms with van der Waals surface area (Å²) in [6.45, 7) is 7.40. The number of aromatic nitrogens is 1. The predicted molar refractivity (Wildman–Crippen MR) is 87.1 cm³/mol. The van der Waals surface area contributed by atoms with Gasteiger partial charge >= 0.3 is 0 Å². The number of ether oxygens (including phenoxy) is 2. The van der Waals surface area contributed by atoms with Gasteiger partial charge in [0.1, 0.15) is 6.61 Å². The molecule has 4 nitrogen and oxygen atoms in total. The molecule has 4 heteroatoms. The van der Waals surface area contributed by atoms with Gasteiger partial charge in [-0.3, -0.25) is 4.98 Å². The average Bonchev–Trinajstić information content (AvgIpc) is 2.56. The van der Waals surface area contributed by atoms with E-state index >= 15 is 0 Å². The third-order valence-electron chi connectivity index (χ3n) is 2.66. The van der Waals surface area contributed by atoms with E-state index < -0.39 is 0 Å². The molecule has 0 saturated carbocycles. The van der Waals surface area contributed by atoms with Gasteiger partial charge in [0, 0.05) is 36.3 Å². The lowest BCUT2D eigenvalue weighted by atomic mass is 10.2. The normalized spacial score (nSPS) is 9.33. The molecular weight excluding hydrogens is 264 g/mol. The Morgan fingerprint density at radius 3 is 2.57 bits per heavy atom. The topological polar surface area (TPSA) is 43.4 Å². The first-order valence-corrected chi connectivity index (χ1v) is 7.27. The summed E-state index contributed by atoms with van der Waals surface area (Å²) in [6.07, 6.45) is 3.54. The Hall–Kier alpha value is -2.23. The van der Waals surface area contributed by atoms with Gasteiger partial charge < -0.3 is 14.8 Å². The monoisotopic (exact) mass is 288 g/mol. The van der Waals surface area contributed by atoms with Crippen molar-refractivity contribution in [2.45, 2.75) is 27.4 Å². The number of methoxy groups -OCH3 is 1. The Bertz CT molecular complexity index is 515. The van der Waals surface area contributed by atoms with Gasteiger partial charge in [0.25, 0.3) is 0 Å². The third kappa shape index (κ3) is 5.34. The largest absolute Gasteiger partial charge is 0.493 e. The highest BCUT2D eigenvalue weighted by Crippen LogP contribution is 2.30. The maximum atomic E-state index is 5.80. The van der Waals surface area contributed by atoms with Gasteiger partial charge in [-0.2, -0.15) is 0 Å². The van der Waals surface area contributed by atoms with Crippen molar-refractivity contribution in [2.24, 2.45) is 0 Å². The highest BCUT2D eigenvalue weighted by molar-refractivity contribution is 5.54. The van der Waals surface area contributed by atoms with Crippen LogP contribution >= 0.6 is 0 Å². The zero-order valence-electron chi connectivity index (χ0n) is 13.2. The highest BCUT2D eigenvalue weighted by atomic mass is 16.5. The van der Waals surface area contributed by atoms with E-state index in [1.54, 1.807) is 19.5 Å². The molecular formula is C17H24N2O2. The van der Waals surface area contributed by atoms with Crippen LogP contribution in [-0.2, 0) is 6.61 Å². The van der Waals surface area contributed by atoms with Gasteiger partial charge in [0.2, 0.25) is 0 Å². The van der Waals surface area contributed by atoms with Crippen LogP contribution in [0.2, 0.25) is 0 Å². The lowest BCUT2D eigenvalue weighted by molar-refractivity contribution is 0.284. The first kappa shape index (κ1) is 16.8. The first-order valence-electron chi connectivity index (χ1n) is 7.27. The molecule has 1 heterocycles. The molecule has 1 aromatic carbocycles. The Kier molecular flexibility index (Phi) is 7.72. The van der Waals surface area contributed by atoms with Gasteiger partial charge in [-0.1, -0.05) is 19.9 Å². The number of nitrogens with zero attached hydrogens (tertiary/aromatic N) is 1. The van der Waals surface area contributed by atoms with Crippen LogP contribution in [0.3, 0.4) is 0 Å². The molecule has 0 fully saturated rings. The summed E-state index contributed by atoms with van der Waals surface area (Å²) in [6, 6.07) is 9.69. The van der Waals surface area contributed by atoms with Gasteiger partial charge in [-0.25, -0.2) is 0 Å². The maximum Gasteiger partial charge on any atom is 0.163 e. The van der Waals surface area contributed by atoms with Crippen LogP contribution < -0.4 is 14.8 Å². The lowest BCUT2D eigenvalue weighted by Gasteiger charge is -2.12. The molecule has 0 amide bonds. The summed E-state index contributed by atoms with van der Waals surface area (Å²) in [7, 11) is 1.64. The molecule has 0 aliphatic carbocycles. The number of pyridine rings is 1. The van der Waals surface area contributed by atoms with Crippen LogP contribution in [0.4, 0.5) is 5.69 Å². The highest BCUT2D eigenvalue weighted by Gasteiger charge is 2.06. The molecule has 1 aromatic heterocycles. The number of rotatable bonds is 6. The molecule has 114 valence electrons. The van der Waals surface area contributed by atoms with E-state index in [0.29, 0.717) is 6.61 Å². The van der Waals surface area contributed by atoms with Crippen molar-refractivity contribution in [1.29, 1.82) is 0 Å². The van der Waals surface area contributed by atoms with Gasteiger partial charge in [-0.15, -0.1) is 0 Å². The Morgan fingerprint density at radius 1 is 1.14 bits per heavy atom. The molecule has 0 aliphatic heterocycles. The lowest BCUT2D eigenvalue weighted by Crippen LogP contribution is -2.00. The fourth-order valence-corrected chi connectivity index (χ4v) is 1.75. The number of hydrogen-bond donors (Lipinski definition) is 1. The van der Waals surface area contributed by atoms with E-state index in [1.807, 2.05) is 44.2 Å². The smallest absolute Gasteiger partial charge is 0.163 e. The van der Waals surface area contributed by atoms with Crippen LogP contribution in [-0.4, -0.2) is 18.6 Å². The fourth-order valence-electron chi connectivity index (χ4n) is 1.75. The van der Waals surface area contributed by atoms with E-state index in [9.17, 15) is 0 Å². The summed E-state index contributed by atoms with van der Waals surface area (Å²) >= 11 is 0. The van der Waals surface area contributed by atoms with Gasteiger partial charge in [-0.05, 0) is 25.1 Å². The Labute approximate surface area is 127 Å². The van der Waals surface area contributed by atoms with Crippen LogP contribution in [0.5, 0.6) is 11.5 Å². The fraction of sp³-hybridized carbons (Fsp3) is 0.353. The SMILES string of the molecule is CC.CCNc1ccc(OC)c(OCc2cccnc2)c1. The second-order valence-corrected chi connectivity index (χ2v) is 4.05. The van der Waals surface area contributed by atoms with Crippen molar-refractivity contribution < 1.29 is 9.47 Å². The number of nitrogens with one attached hydrogen (secondary N) is 1. The van der Waals surface area contributed by atoms with Crippen LogP contribution in [0.25, 0.3) is 0 Å². The van der Waals surface area contributed by atoms with Crippen LogP contribution in [0.1, 0.15) is 26.3 Å². The molecule has 0 atom stereocenters. The summed E-state index contributed by atoms with van der Waals surface area (Å²) in [5, 5.41) is 3.25. The minimum Gasteiger partial charge on any atom is -0.493 e. The zero-order chi connectivity index (χ0) is 15.5. The van der Waals surface area contributed by atoms with Crippen molar-refractivity contribution in [2.75, 3.05) is 19.0 Å². The standard InChI is InChI=1S/C15H18N2O2.C2H6/c1-3-17-13-6-7-14(18-2)15(9-13)19-11-12-5-4-8-16-10-12;1-2/h4-10,17H,3,11H2,1-2H3;1-2H3. The number of benzene rings is 1. The van der Waals surface area contributed by atoms with Crippen molar-refractivity contribution >= 4 is 5.69 Å². The van der Waals surface area contributed by atoms with Gasteiger partial charge in [0.15, 0.2) is 11.5 Å². The van der Waals surface area contributed by atoms with E-state index in [-0.39, 0.29) is 0 Å². The Morgan fingerprint density at radius 2 is 1.95 bits per heavy atom. The molecule has 1 N–H and O–H groups in total. The quantitative estimate of drug-likeness (QED) is 0.868. The number of hydrogen-bond acceptors (Lipinski definition) is 4. The second kappa shape index (κ2) is 9.64. The van der Waals surface area contributed by atoms with E-state index in [0.717, 1.165) is 29.3 Å². The molecule has 0 saturated heterocycles. The average molecular weight is 288 g/mol. The van der Waals surface area contributed by atoms with E-state index in [4.69, 9.17) is 9.47 Å². The molecule has 2 rings (SSSR count). The molecule has 0 bridgehead atoms. The van der Waals surface area contributed by atoms with Crippen LogP contribution in [0, 0.1) is 0 Å². The number of anilines is 1. The Balaban J connectivity index is 0.00000106. The summed E-state index contributed by atoms with van der Waals surface area (Å²) in [5.74, 6) is 1.45. The van der Waals surface area contributed by atoms with Crippen molar-refractivity contribution in [3.05, 3.63) is 48.3 Å². The van der Waals surface area contributed by atoms with Crippen molar-refractivity contribution in [1.82, 2.24) is 4.98 Å². The molecule has 0 radical (unpaired) electrons. The zero-order valence-corrected chi connectivity index (χ0v) is 13.2. The molecule has 21 heavy (non-hydrogen) atoms. The van der Waals surface area contributed by atoms with E-state index in [2.05, 4.69) is 17.2 Å². The van der Waals surface area contributed by atoms with Gasteiger partial charge in [0.05, 0.1) is 7.11 Å².